The summed E-state index contributed by atoms with van der Waals surface area (Å²) in [5.74, 6) is -1.88. The molecule has 0 aliphatic rings. The van der Waals surface area contributed by atoms with Gasteiger partial charge in [0.2, 0.25) is 0 Å². The molecule has 1 rings (SSSR count). The number of carbonyl (C=O) groups excluding carboxylic acids is 4. The van der Waals surface area contributed by atoms with Gasteiger partial charge in [0.25, 0.3) is 11.8 Å². The Kier molecular flexibility index (Phi) is 9.29. The molecule has 0 aliphatic carbocycles. The molecular formula is C18H24ClN3O5. The molecule has 27 heavy (non-hydrogen) atoms. The van der Waals surface area contributed by atoms with E-state index in [1.165, 1.54) is 12.1 Å². The fourth-order valence-electron chi connectivity index (χ4n) is 2.13. The number of benzene rings is 1. The Morgan fingerprint density at radius 2 is 1.74 bits per heavy atom. The first kappa shape index (κ1) is 22.4. The summed E-state index contributed by atoms with van der Waals surface area (Å²) in [4.78, 5) is 47.4. The predicted octanol–water partition coefficient (Wildman–Crippen LogP) is 1.87. The van der Waals surface area contributed by atoms with Crippen LogP contribution in [-0.2, 0) is 14.3 Å². The molecule has 0 fully saturated rings. The Labute approximate surface area is 163 Å². The van der Waals surface area contributed by atoms with Crippen LogP contribution in [-0.4, -0.2) is 43.0 Å². The number of urea groups is 1. The minimum atomic E-state index is -0.926. The molecule has 9 heteroatoms. The fourth-order valence-corrected chi connectivity index (χ4v) is 2.26. The highest BCUT2D eigenvalue weighted by Crippen LogP contribution is 2.11. The summed E-state index contributed by atoms with van der Waals surface area (Å²) in [5.41, 5.74) is 0.343. The van der Waals surface area contributed by atoms with E-state index in [1.807, 2.05) is 19.2 Å². The maximum Gasteiger partial charge on any atom is 0.329 e. The molecule has 0 saturated carbocycles. The number of halogens is 1. The third kappa shape index (κ3) is 8.54. The number of amides is 4. The molecule has 148 valence electrons. The molecule has 0 radical (unpaired) electrons. The lowest BCUT2D eigenvalue weighted by atomic mass is 10.0. The van der Waals surface area contributed by atoms with Crippen molar-refractivity contribution in [1.82, 2.24) is 16.0 Å². The Morgan fingerprint density at radius 1 is 1.11 bits per heavy atom. The van der Waals surface area contributed by atoms with Crippen LogP contribution in [0.25, 0.3) is 0 Å². The van der Waals surface area contributed by atoms with Gasteiger partial charge < -0.3 is 15.4 Å². The third-order valence-corrected chi connectivity index (χ3v) is 3.59. The van der Waals surface area contributed by atoms with Gasteiger partial charge in [0.05, 0.1) is 0 Å². The van der Waals surface area contributed by atoms with Crippen molar-refractivity contribution in [3.63, 3.8) is 0 Å². The van der Waals surface area contributed by atoms with Gasteiger partial charge >= 0.3 is 12.0 Å². The average molecular weight is 398 g/mol. The minimum absolute atomic E-state index is 0.0947. The Morgan fingerprint density at radius 3 is 2.30 bits per heavy atom. The van der Waals surface area contributed by atoms with E-state index in [9.17, 15) is 19.2 Å². The molecule has 1 aromatic carbocycles. The summed E-state index contributed by atoms with van der Waals surface area (Å²) in [7, 11) is 0. The topological polar surface area (TPSA) is 114 Å². The average Bonchev–Trinajstić information content (AvgIpc) is 2.59. The van der Waals surface area contributed by atoms with Crippen LogP contribution in [0.5, 0.6) is 0 Å². The summed E-state index contributed by atoms with van der Waals surface area (Å²) < 4.78 is 4.93. The molecule has 0 heterocycles. The second-order valence-electron chi connectivity index (χ2n) is 6.18. The summed E-state index contributed by atoms with van der Waals surface area (Å²) in [5, 5.41) is 7.50. The largest absolute Gasteiger partial charge is 0.454 e. The zero-order chi connectivity index (χ0) is 20.4. The number of esters is 1. The van der Waals surface area contributed by atoms with Crippen molar-refractivity contribution in [1.29, 1.82) is 0 Å². The molecule has 0 aliphatic heterocycles. The standard InChI is InChI=1S/C18H24ClN3O5/c1-4-20-18(26)22-15(23)10-27-17(25)14(9-11(2)3)21-16(24)12-5-7-13(19)8-6-12/h5-8,11,14H,4,9-10H2,1-3H3,(H,21,24)(H2,20,22,23,26)/t14-/m0/s1. The fraction of sp³-hybridized carbons (Fsp3) is 0.444. The van der Waals surface area contributed by atoms with Gasteiger partial charge in [-0.15, -0.1) is 0 Å². The molecule has 1 aromatic rings. The van der Waals surface area contributed by atoms with Crippen molar-refractivity contribution in [3.05, 3.63) is 34.9 Å². The van der Waals surface area contributed by atoms with Crippen LogP contribution in [0.1, 0.15) is 37.6 Å². The van der Waals surface area contributed by atoms with Crippen molar-refractivity contribution in [3.8, 4) is 0 Å². The molecule has 4 amide bonds. The van der Waals surface area contributed by atoms with Gasteiger partial charge in [-0.1, -0.05) is 25.4 Å². The van der Waals surface area contributed by atoms with Crippen molar-refractivity contribution in [2.24, 2.45) is 5.92 Å². The normalized spacial score (nSPS) is 11.4. The first-order chi connectivity index (χ1) is 12.7. The number of carbonyl (C=O) groups is 4. The maximum atomic E-state index is 12.3. The highest BCUT2D eigenvalue weighted by Gasteiger charge is 2.25. The first-order valence-corrected chi connectivity index (χ1v) is 8.91. The third-order valence-electron chi connectivity index (χ3n) is 3.34. The molecule has 3 N–H and O–H groups in total. The molecule has 0 bridgehead atoms. The molecule has 8 nitrogen and oxygen atoms in total. The number of imide groups is 1. The summed E-state index contributed by atoms with van der Waals surface area (Å²) in [6, 6.07) is 4.61. The van der Waals surface area contributed by atoms with E-state index in [1.54, 1.807) is 19.1 Å². The van der Waals surface area contributed by atoms with Gasteiger partial charge in [-0.25, -0.2) is 9.59 Å². The van der Waals surface area contributed by atoms with Crippen LogP contribution in [0, 0.1) is 5.92 Å². The molecule has 0 saturated heterocycles. The van der Waals surface area contributed by atoms with E-state index >= 15 is 0 Å². The van der Waals surface area contributed by atoms with Gasteiger partial charge in [-0.2, -0.15) is 0 Å². The van der Waals surface area contributed by atoms with Crippen molar-refractivity contribution in [2.75, 3.05) is 13.2 Å². The molecule has 1 atom stereocenters. The summed E-state index contributed by atoms with van der Waals surface area (Å²) >= 11 is 5.80. The van der Waals surface area contributed by atoms with E-state index in [2.05, 4.69) is 10.6 Å². The van der Waals surface area contributed by atoms with Crippen LogP contribution in [0.15, 0.2) is 24.3 Å². The summed E-state index contributed by atoms with van der Waals surface area (Å²) in [6.45, 7) is 5.20. The molecule has 0 spiro atoms. The highest BCUT2D eigenvalue weighted by atomic mass is 35.5. The second kappa shape index (κ2) is 11.2. The number of rotatable bonds is 8. The lowest BCUT2D eigenvalue weighted by Gasteiger charge is -2.19. The Bertz CT molecular complexity index is 676. The van der Waals surface area contributed by atoms with E-state index < -0.39 is 36.5 Å². The zero-order valence-electron chi connectivity index (χ0n) is 15.5. The number of hydrogen-bond donors (Lipinski definition) is 3. The zero-order valence-corrected chi connectivity index (χ0v) is 16.3. The van der Waals surface area contributed by atoms with Crippen LogP contribution in [0.4, 0.5) is 4.79 Å². The lowest BCUT2D eigenvalue weighted by Crippen LogP contribution is -2.45. The van der Waals surface area contributed by atoms with Crippen molar-refractivity contribution < 1.29 is 23.9 Å². The molecular weight excluding hydrogens is 374 g/mol. The van der Waals surface area contributed by atoms with Gasteiger partial charge in [0.15, 0.2) is 6.61 Å². The first-order valence-electron chi connectivity index (χ1n) is 8.53. The van der Waals surface area contributed by atoms with E-state index in [0.717, 1.165) is 0 Å². The van der Waals surface area contributed by atoms with Crippen molar-refractivity contribution >= 4 is 35.4 Å². The van der Waals surface area contributed by atoms with Gasteiger partial charge in [-0.05, 0) is 43.5 Å². The number of hydrogen-bond acceptors (Lipinski definition) is 5. The molecule has 0 aromatic heterocycles. The maximum absolute atomic E-state index is 12.3. The van der Waals surface area contributed by atoms with Crippen molar-refractivity contribution in [2.45, 2.75) is 33.2 Å². The van der Waals surface area contributed by atoms with Gasteiger partial charge in [0, 0.05) is 17.1 Å². The second-order valence-corrected chi connectivity index (χ2v) is 6.61. The number of nitrogens with one attached hydrogen (secondary N) is 3. The van der Waals surface area contributed by atoms with E-state index in [4.69, 9.17) is 16.3 Å². The van der Waals surface area contributed by atoms with Gasteiger partial charge in [0.1, 0.15) is 6.04 Å². The summed E-state index contributed by atoms with van der Waals surface area (Å²) in [6.07, 6.45) is 0.329. The van der Waals surface area contributed by atoms with E-state index in [0.29, 0.717) is 23.6 Å². The quantitative estimate of drug-likeness (QED) is 0.579. The lowest BCUT2D eigenvalue weighted by molar-refractivity contribution is -0.150. The van der Waals surface area contributed by atoms with Gasteiger partial charge in [-0.3, -0.25) is 14.9 Å². The van der Waals surface area contributed by atoms with Crippen LogP contribution >= 0.6 is 11.6 Å². The smallest absolute Gasteiger partial charge is 0.329 e. The number of ether oxygens (including phenoxy) is 1. The Hall–Kier alpha value is -2.61. The van der Waals surface area contributed by atoms with E-state index in [-0.39, 0.29) is 5.92 Å². The molecule has 0 unspecified atom stereocenters. The van der Waals surface area contributed by atoms with Crippen LogP contribution < -0.4 is 16.0 Å². The minimum Gasteiger partial charge on any atom is -0.454 e. The van der Waals surface area contributed by atoms with Crippen LogP contribution in [0.2, 0.25) is 5.02 Å². The predicted molar refractivity (Wildman–Crippen MR) is 100 cm³/mol. The monoisotopic (exact) mass is 397 g/mol. The highest BCUT2D eigenvalue weighted by molar-refractivity contribution is 6.30. The van der Waals surface area contributed by atoms with Crippen LogP contribution in [0.3, 0.4) is 0 Å². The SMILES string of the molecule is CCNC(=O)NC(=O)COC(=O)[C@H](CC(C)C)NC(=O)c1ccc(Cl)cc1. The Balaban J connectivity index is 2.65.